The lowest BCUT2D eigenvalue weighted by Gasteiger charge is -2.17. The Hall–Kier alpha value is -0.570. The van der Waals surface area contributed by atoms with Crippen LogP contribution in [0.4, 0.5) is 0 Å². The van der Waals surface area contributed by atoms with Crippen molar-refractivity contribution in [3.8, 4) is 0 Å². The van der Waals surface area contributed by atoms with Crippen LogP contribution in [0.2, 0.25) is 0 Å². The number of hydrogen-bond donors (Lipinski definition) is 2. The fourth-order valence-corrected chi connectivity index (χ4v) is 1.11. The lowest BCUT2D eigenvalue weighted by atomic mass is 9.99. The molecule has 0 aromatic heterocycles. The molecule has 0 radical (unpaired) electrons. The van der Waals surface area contributed by atoms with Crippen molar-refractivity contribution in [1.82, 2.24) is 5.32 Å². The molecule has 0 bridgehead atoms. The van der Waals surface area contributed by atoms with E-state index in [0.717, 1.165) is 19.4 Å². The van der Waals surface area contributed by atoms with E-state index in [1.54, 1.807) is 0 Å². The summed E-state index contributed by atoms with van der Waals surface area (Å²) in [7, 11) is 0. The first-order chi connectivity index (χ1) is 6.49. The summed E-state index contributed by atoms with van der Waals surface area (Å²) in [6.45, 7) is 9.07. The lowest BCUT2D eigenvalue weighted by Crippen LogP contribution is -2.45. The molecule has 3 N–H and O–H groups in total. The fourth-order valence-electron chi connectivity index (χ4n) is 1.11. The molecule has 0 heterocycles. The Balaban J connectivity index is 3.73. The van der Waals surface area contributed by atoms with E-state index in [-0.39, 0.29) is 17.9 Å². The van der Waals surface area contributed by atoms with Gasteiger partial charge in [-0.1, -0.05) is 34.1 Å². The summed E-state index contributed by atoms with van der Waals surface area (Å²) in [4.78, 5) is 11.5. The third-order valence-electron chi connectivity index (χ3n) is 2.58. The summed E-state index contributed by atoms with van der Waals surface area (Å²) in [5, 5.41) is 2.87. The van der Waals surface area contributed by atoms with Gasteiger partial charge in [-0.2, -0.15) is 0 Å². The molecule has 84 valence electrons. The Morgan fingerprint density at radius 1 is 1.36 bits per heavy atom. The zero-order valence-corrected chi connectivity index (χ0v) is 9.84. The van der Waals surface area contributed by atoms with Gasteiger partial charge in [0.05, 0.1) is 6.04 Å². The number of nitrogens with one attached hydrogen (secondary N) is 1. The van der Waals surface area contributed by atoms with E-state index in [2.05, 4.69) is 19.2 Å². The molecule has 0 aliphatic carbocycles. The Bertz CT molecular complexity index is 169. The standard InChI is InChI=1S/C11H24N2O/c1-5-9(4)10(12)11(14)13-7-6-8(2)3/h8-10H,5-7,12H2,1-4H3,(H,13,14). The number of hydrogen-bond acceptors (Lipinski definition) is 2. The van der Waals surface area contributed by atoms with Crippen LogP contribution in [-0.4, -0.2) is 18.5 Å². The number of amides is 1. The molecule has 0 aliphatic rings. The van der Waals surface area contributed by atoms with Gasteiger partial charge in [-0.15, -0.1) is 0 Å². The maximum Gasteiger partial charge on any atom is 0.237 e. The highest BCUT2D eigenvalue weighted by Crippen LogP contribution is 2.05. The minimum absolute atomic E-state index is 0.0139. The molecule has 0 aromatic carbocycles. The van der Waals surface area contributed by atoms with Crippen LogP contribution in [0, 0.1) is 11.8 Å². The first-order valence-electron chi connectivity index (χ1n) is 5.52. The highest BCUT2D eigenvalue weighted by atomic mass is 16.2. The predicted molar refractivity (Wildman–Crippen MR) is 59.9 cm³/mol. The van der Waals surface area contributed by atoms with E-state index in [1.807, 2.05) is 13.8 Å². The van der Waals surface area contributed by atoms with Crippen LogP contribution in [0.3, 0.4) is 0 Å². The molecule has 0 saturated heterocycles. The molecular formula is C11H24N2O. The van der Waals surface area contributed by atoms with Gasteiger partial charge in [-0.25, -0.2) is 0 Å². The average molecular weight is 200 g/mol. The van der Waals surface area contributed by atoms with Gasteiger partial charge < -0.3 is 11.1 Å². The third-order valence-corrected chi connectivity index (χ3v) is 2.58. The van der Waals surface area contributed by atoms with Crippen LogP contribution in [0.25, 0.3) is 0 Å². The van der Waals surface area contributed by atoms with Crippen molar-refractivity contribution in [3.05, 3.63) is 0 Å². The van der Waals surface area contributed by atoms with Gasteiger partial charge >= 0.3 is 0 Å². The van der Waals surface area contributed by atoms with Crippen LogP contribution < -0.4 is 11.1 Å². The SMILES string of the molecule is CCC(C)C(N)C(=O)NCCC(C)C. The number of rotatable bonds is 6. The monoisotopic (exact) mass is 200 g/mol. The van der Waals surface area contributed by atoms with Crippen molar-refractivity contribution in [1.29, 1.82) is 0 Å². The molecule has 0 spiro atoms. The van der Waals surface area contributed by atoms with Gasteiger partial charge in [-0.05, 0) is 18.3 Å². The molecular weight excluding hydrogens is 176 g/mol. The molecule has 0 saturated carbocycles. The largest absolute Gasteiger partial charge is 0.355 e. The molecule has 1 amide bonds. The topological polar surface area (TPSA) is 55.1 Å². The van der Waals surface area contributed by atoms with Gasteiger partial charge in [0, 0.05) is 6.54 Å². The van der Waals surface area contributed by atoms with Gasteiger partial charge in [0.25, 0.3) is 0 Å². The molecule has 0 aromatic rings. The highest BCUT2D eigenvalue weighted by Gasteiger charge is 2.18. The summed E-state index contributed by atoms with van der Waals surface area (Å²) >= 11 is 0. The summed E-state index contributed by atoms with van der Waals surface area (Å²) in [5.74, 6) is 0.865. The Morgan fingerprint density at radius 2 is 1.93 bits per heavy atom. The van der Waals surface area contributed by atoms with Gasteiger partial charge in [0.15, 0.2) is 0 Å². The first kappa shape index (κ1) is 13.4. The zero-order chi connectivity index (χ0) is 11.1. The molecule has 0 aliphatic heterocycles. The highest BCUT2D eigenvalue weighted by molar-refractivity contribution is 5.81. The Kier molecular flexibility index (Phi) is 6.54. The molecule has 0 fully saturated rings. The van der Waals surface area contributed by atoms with Crippen molar-refractivity contribution in [2.45, 2.75) is 46.6 Å². The van der Waals surface area contributed by atoms with E-state index in [0.29, 0.717) is 5.92 Å². The molecule has 2 unspecified atom stereocenters. The van der Waals surface area contributed by atoms with Gasteiger partial charge in [0.1, 0.15) is 0 Å². The van der Waals surface area contributed by atoms with Crippen LogP contribution in [-0.2, 0) is 4.79 Å². The maximum absolute atomic E-state index is 11.5. The minimum atomic E-state index is -0.354. The van der Waals surface area contributed by atoms with Crippen molar-refractivity contribution in [3.63, 3.8) is 0 Å². The maximum atomic E-state index is 11.5. The molecule has 3 nitrogen and oxygen atoms in total. The fraction of sp³-hybridized carbons (Fsp3) is 0.909. The molecule has 3 heteroatoms. The zero-order valence-electron chi connectivity index (χ0n) is 9.84. The summed E-state index contributed by atoms with van der Waals surface area (Å²) in [5.41, 5.74) is 5.78. The van der Waals surface area contributed by atoms with Crippen molar-refractivity contribution >= 4 is 5.91 Å². The van der Waals surface area contributed by atoms with E-state index < -0.39 is 0 Å². The summed E-state index contributed by atoms with van der Waals surface area (Å²) < 4.78 is 0. The second kappa shape index (κ2) is 6.82. The lowest BCUT2D eigenvalue weighted by molar-refractivity contribution is -0.123. The Morgan fingerprint density at radius 3 is 2.36 bits per heavy atom. The summed E-state index contributed by atoms with van der Waals surface area (Å²) in [6.07, 6.45) is 1.96. The minimum Gasteiger partial charge on any atom is -0.355 e. The van der Waals surface area contributed by atoms with Crippen LogP contribution in [0.1, 0.15) is 40.5 Å². The third kappa shape index (κ3) is 5.22. The van der Waals surface area contributed by atoms with Gasteiger partial charge in [-0.3, -0.25) is 4.79 Å². The smallest absolute Gasteiger partial charge is 0.237 e. The first-order valence-corrected chi connectivity index (χ1v) is 5.52. The van der Waals surface area contributed by atoms with Crippen LogP contribution in [0.15, 0.2) is 0 Å². The number of carbonyl (C=O) groups is 1. The molecule has 0 rings (SSSR count). The Labute approximate surface area is 87.4 Å². The average Bonchev–Trinajstić information content (AvgIpc) is 2.14. The van der Waals surface area contributed by atoms with Crippen LogP contribution in [0.5, 0.6) is 0 Å². The van der Waals surface area contributed by atoms with Crippen molar-refractivity contribution in [2.75, 3.05) is 6.54 Å². The summed E-state index contributed by atoms with van der Waals surface area (Å²) in [6, 6.07) is -0.354. The second-order valence-corrected chi connectivity index (χ2v) is 4.38. The van der Waals surface area contributed by atoms with E-state index in [9.17, 15) is 4.79 Å². The van der Waals surface area contributed by atoms with Crippen molar-refractivity contribution in [2.24, 2.45) is 17.6 Å². The molecule has 2 atom stereocenters. The van der Waals surface area contributed by atoms with E-state index in [1.165, 1.54) is 0 Å². The quantitative estimate of drug-likeness (QED) is 0.683. The van der Waals surface area contributed by atoms with Crippen LogP contribution >= 0.6 is 0 Å². The van der Waals surface area contributed by atoms with E-state index in [4.69, 9.17) is 5.73 Å². The second-order valence-electron chi connectivity index (χ2n) is 4.38. The van der Waals surface area contributed by atoms with Crippen molar-refractivity contribution < 1.29 is 4.79 Å². The number of nitrogens with two attached hydrogens (primary N) is 1. The van der Waals surface area contributed by atoms with E-state index >= 15 is 0 Å². The normalized spacial score (nSPS) is 15.3. The van der Waals surface area contributed by atoms with Gasteiger partial charge in [0.2, 0.25) is 5.91 Å². The molecule has 14 heavy (non-hydrogen) atoms. The number of carbonyl (C=O) groups excluding carboxylic acids is 1. The predicted octanol–water partition coefficient (Wildman–Crippen LogP) is 1.52.